The number of hydrogen-bond donors (Lipinski definition) is 3. The van der Waals surface area contributed by atoms with E-state index in [1.54, 1.807) is 0 Å². The summed E-state index contributed by atoms with van der Waals surface area (Å²) < 4.78 is 68.3. The van der Waals surface area contributed by atoms with Crippen LogP contribution in [0.3, 0.4) is 0 Å². The number of aliphatic hydroxyl groups excluding tert-OH is 1. The molecule has 540 valence electrons. The molecule has 0 saturated carbocycles. The van der Waals surface area contributed by atoms with Gasteiger partial charge >= 0.3 is 39.5 Å². The van der Waals surface area contributed by atoms with Crippen LogP contribution in [0.15, 0.2) is 0 Å². The quantitative estimate of drug-likeness (QED) is 0.0222. The standard InChI is InChI=1S/C72H140O17P2/c1-8-9-10-11-12-32-39-46-53-69(74)82-59-67(89-72(77)56-49-42-35-28-27-31-38-45-52-65(6)7)61-86-90(78,79)84-57-66(73)58-85-91(80,81)87-62-68(88-71(76)55-48-41-34-26-22-18-14-16-20-24-30-37-44-51-64(4)5)60-83-70(75)54-47-40-33-25-21-17-13-15-19-23-29-36-43-50-63(2)3/h63-68,73H,8-62H2,1-7H3,(H,78,79)(H,80,81)/t66-,67+,68+/m0/s1. The Hall–Kier alpha value is -1.94. The number of ether oxygens (including phenoxy) is 4. The number of phosphoric acid groups is 2. The van der Waals surface area contributed by atoms with E-state index in [-0.39, 0.29) is 25.7 Å². The minimum absolute atomic E-state index is 0.104. The molecule has 0 aromatic heterocycles. The molecule has 0 radical (unpaired) electrons. The molecule has 0 rings (SSSR count). The number of esters is 4. The van der Waals surface area contributed by atoms with Gasteiger partial charge in [0.1, 0.15) is 19.3 Å². The largest absolute Gasteiger partial charge is 0.472 e. The summed E-state index contributed by atoms with van der Waals surface area (Å²) in [7, 11) is -9.90. The fourth-order valence-corrected chi connectivity index (χ4v) is 12.5. The molecule has 0 aromatic rings. The van der Waals surface area contributed by atoms with Crippen molar-refractivity contribution in [2.45, 2.75) is 381 Å². The fraction of sp³-hybridized carbons (Fsp3) is 0.944. The van der Waals surface area contributed by atoms with Gasteiger partial charge in [-0.1, -0.05) is 312 Å². The maximum Gasteiger partial charge on any atom is 0.472 e. The summed E-state index contributed by atoms with van der Waals surface area (Å²) in [6.07, 6.45) is 47.3. The molecule has 0 amide bonds. The number of carbonyl (C=O) groups excluding carboxylic acids is 4. The van der Waals surface area contributed by atoms with E-state index in [1.807, 2.05) is 0 Å². The molecular formula is C72H140O17P2. The van der Waals surface area contributed by atoms with E-state index in [1.165, 1.54) is 167 Å². The number of unbranched alkanes of at least 4 members (excludes halogenated alkanes) is 38. The molecular weight excluding hydrogens is 1200 g/mol. The van der Waals surface area contributed by atoms with Crippen molar-refractivity contribution in [1.29, 1.82) is 0 Å². The normalized spacial score (nSPS) is 14.2. The molecule has 0 aliphatic heterocycles. The van der Waals surface area contributed by atoms with E-state index in [4.69, 9.17) is 37.0 Å². The molecule has 0 aliphatic carbocycles. The lowest BCUT2D eigenvalue weighted by atomic mass is 10.0. The fourth-order valence-electron chi connectivity index (χ4n) is 10.9. The van der Waals surface area contributed by atoms with Gasteiger partial charge in [-0.05, 0) is 43.4 Å². The summed E-state index contributed by atoms with van der Waals surface area (Å²) >= 11 is 0. The minimum Gasteiger partial charge on any atom is -0.462 e. The van der Waals surface area contributed by atoms with E-state index >= 15 is 0 Å². The number of hydrogen-bond acceptors (Lipinski definition) is 15. The highest BCUT2D eigenvalue weighted by Gasteiger charge is 2.30. The van der Waals surface area contributed by atoms with Crippen molar-refractivity contribution in [2.75, 3.05) is 39.6 Å². The summed E-state index contributed by atoms with van der Waals surface area (Å²) in [6.45, 7) is 11.8. The van der Waals surface area contributed by atoms with E-state index in [9.17, 15) is 43.2 Å². The Balaban J connectivity index is 5.22. The van der Waals surface area contributed by atoms with Crippen LogP contribution in [-0.2, 0) is 65.4 Å². The average molecular weight is 1340 g/mol. The zero-order valence-electron chi connectivity index (χ0n) is 59.3. The zero-order chi connectivity index (χ0) is 67.3. The molecule has 0 aliphatic rings. The number of phosphoric ester groups is 2. The number of aliphatic hydroxyl groups is 1. The molecule has 0 saturated heterocycles. The highest BCUT2D eigenvalue weighted by Crippen LogP contribution is 2.45. The Bertz CT molecular complexity index is 1780. The van der Waals surface area contributed by atoms with Crippen LogP contribution < -0.4 is 0 Å². The summed E-state index contributed by atoms with van der Waals surface area (Å²) in [5.74, 6) is 0.169. The van der Waals surface area contributed by atoms with Crippen molar-refractivity contribution in [2.24, 2.45) is 17.8 Å². The first-order valence-electron chi connectivity index (χ1n) is 37.3. The van der Waals surface area contributed by atoms with Crippen molar-refractivity contribution in [3.05, 3.63) is 0 Å². The molecule has 0 bridgehead atoms. The van der Waals surface area contributed by atoms with Crippen LogP contribution in [0, 0.1) is 17.8 Å². The molecule has 0 heterocycles. The average Bonchev–Trinajstić information content (AvgIpc) is 3.43. The second-order valence-electron chi connectivity index (χ2n) is 27.4. The third-order valence-corrected chi connectivity index (χ3v) is 18.5. The Kier molecular flexibility index (Phi) is 61.5. The van der Waals surface area contributed by atoms with Gasteiger partial charge < -0.3 is 33.8 Å². The predicted molar refractivity (Wildman–Crippen MR) is 368 cm³/mol. The maximum atomic E-state index is 13.0. The highest BCUT2D eigenvalue weighted by atomic mass is 31.2. The lowest BCUT2D eigenvalue weighted by Gasteiger charge is -2.21. The van der Waals surface area contributed by atoms with Gasteiger partial charge in [0.15, 0.2) is 12.2 Å². The van der Waals surface area contributed by atoms with Crippen LogP contribution in [0.4, 0.5) is 0 Å². The predicted octanol–water partition coefficient (Wildman–Crippen LogP) is 20.6. The molecule has 0 spiro atoms. The molecule has 3 N–H and O–H groups in total. The summed E-state index contributed by atoms with van der Waals surface area (Å²) in [5, 5.41) is 10.6. The van der Waals surface area contributed by atoms with Gasteiger partial charge in [-0.2, -0.15) is 0 Å². The molecule has 5 atom stereocenters. The first-order chi connectivity index (χ1) is 43.7. The van der Waals surface area contributed by atoms with Crippen molar-refractivity contribution in [3.63, 3.8) is 0 Å². The van der Waals surface area contributed by atoms with E-state index < -0.39 is 97.5 Å². The summed E-state index contributed by atoms with van der Waals surface area (Å²) in [5.41, 5.74) is 0. The van der Waals surface area contributed by atoms with Gasteiger partial charge in [0.2, 0.25) is 0 Å². The highest BCUT2D eigenvalue weighted by molar-refractivity contribution is 7.47. The van der Waals surface area contributed by atoms with Gasteiger partial charge in [0.25, 0.3) is 0 Å². The minimum atomic E-state index is -4.95. The molecule has 17 nitrogen and oxygen atoms in total. The molecule has 0 fully saturated rings. The smallest absolute Gasteiger partial charge is 0.462 e. The Morgan fingerprint density at radius 2 is 0.505 bits per heavy atom. The topological polar surface area (TPSA) is 237 Å². The second-order valence-corrected chi connectivity index (χ2v) is 30.3. The molecule has 2 unspecified atom stereocenters. The molecule has 0 aromatic carbocycles. The molecule has 19 heteroatoms. The van der Waals surface area contributed by atoms with Gasteiger partial charge in [-0.25, -0.2) is 9.13 Å². The Morgan fingerprint density at radius 3 is 0.747 bits per heavy atom. The van der Waals surface area contributed by atoms with Crippen LogP contribution in [-0.4, -0.2) is 96.7 Å². The number of carbonyl (C=O) groups is 4. The number of rotatable bonds is 70. The van der Waals surface area contributed by atoms with Gasteiger partial charge in [-0.15, -0.1) is 0 Å². The van der Waals surface area contributed by atoms with Crippen LogP contribution >= 0.6 is 15.6 Å². The summed E-state index contributed by atoms with van der Waals surface area (Å²) in [4.78, 5) is 72.5. The first kappa shape index (κ1) is 89.1. The van der Waals surface area contributed by atoms with Gasteiger partial charge in [0, 0.05) is 25.7 Å². The molecule has 91 heavy (non-hydrogen) atoms. The van der Waals surface area contributed by atoms with Gasteiger partial charge in [0.05, 0.1) is 26.4 Å². The van der Waals surface area contributed by atoms with Crippen LogP contribution in [0.1, 0.15) is 363 Å². The van der Waals surface area contributed by atoms with Crippen molar-refractivity contribution in [1.82, 2.24) is 0 Å². The van der Waals surface area contributed by atoms with Crippen molar-refractivity contribution < 1.29 is 80.2 Å². The zero-order valence-corrected chi connectivity index (χ0v) is 61.1. The van der Waals surface area contributed by atoms with E-state index in [0.29, 0.717) is 25.7 Å². The van der Waals surface area contributed by atoms with Crippen LogP contribution in [0.25, 0.3) is 0 Å². The Morgan fingerprint density at radius 1 is 0.297 bits per heavy atom. The monoisotopic (exact) mass is 1340 g/mol. The lowest BCUT2D eigenvalue weighted by Crippen LogP contribution is -2.30. The third kappa shape index (κ3) is 66.5. The third-order valence-electron chi connectivity index (χ3n) is 16.6. The van der Waals surface area contributed by atoms with Crippen molar-refractivity contribution >= 4 is 39.5 Å². The SMILES string of the molecule is CCCCCCCCCCC(=O)OC[C@H](COP(=O)(O)OC[C@H](O)COP(=O)(O)OC[C@@H](COC(=O)CCCCCCCCCCCCCCCC(C)C)OC(=O)CCCCCCCCCCCCCCCC(C)C)OC(=O)CCCCCCCCCCC(C)C. The van der Waals surface area contributed by atoms with E-state index in [0.717, 1.165) is 114 Å². The lowest BCUT2D eigenvalue weighted by molar-refractivity contribution is -0.161. The second kappa shape index (κ2) is 62.8. The Labute approximate surface area is 556 Å². The van der Waals surface area contributed by atoms with Crippen molar-refractivity contribution in [3.8, 4) is 0 Å². The maximum absolute atomic E-state index is 13.0. The first-order valence-corrected chi connectivity index (χ1v) is 40.3. The summed E-state index contributed by atoms with van der Waals surface area (Å²) in [6, 6.07) is 0. The van der Waals surface area contributed by atoms with Gasteiger partial charge in [-0.3, -0.25) is 37.3 Å². The van der Waals surface area contributed by atoms with Crippen LogP contribution in [0.5, 0.6) is 0 Å². The van der Waals surface area contributed by atoms with E-state index in [2.05, 4.69) is 48.5 Å². The van der Waals surface area contributed by atoms with Crippen LogP contribution in [0.2, 0.25) is 0 Å².